The van der Waals surface area contributed by atoms with Gasteiger partial charge in [0.1, 0.15) is 11.1 Å². The third-order valence-corrected chi connectivity index (χ3v) is 4.69. The molecule has 10 nitrogen and oxygen atoms in total. The van der Waals surface area contributed by atoms with Crippen LogP contribution in [0.4, 0.5) is 4.79 Å². The van der Waals surface area contributed by atoms with E-state index in [4.69, 9.17) is 9.47 Å². The molecule has 0 radical (unpaired) electrons. The lowest BCUT2D eigenvalue weighted by Gasteiger charge is -2.32. The number of nitrogens with zero attached hydrogens (tertiary/aromatic N) is 5. The van der Waals surface area contributed by atoms with Gasteiger partial charge < -0.3 is 19.7 Å². The van der Waals surface area contributed by atoms with Gasteiger partial charge in [0.05, 0.1) is 19.5 Å². The number of amides is 1. The van der Waals surface area contributed by atoms with Gasteiger partial charge in [-0.05, 0) is 33.6 Å². The van der Waals surface area contributed by atoms with E-state index in [0.29, 0.717) is 24.3 Å². The van der Waals surface area contributed by atoms with Crippen LogP contribution >= 0.6 is 0 Å². The van der Waals surface area contributed by atoms with Gasteiger partial charge in [-0.15, -0.1) is 0 Å². The number of methoxy groups -OCH3 is 1. The number of alkyl carbamates (subject to hydrolysis) is 1. The predicted molar refractivity (Wildman–Crippen MR) is 107 cm³/mol. The van der Waals surface area contributed by atoms with Crippen molar-refractivity contribution in [3.63, 3.8) is 0 Å². The van der Waals surface area contributed by atoms with Crippen molar-refractivity contribution in [2.45, 2.75) is 51.8 Å². The minimum absolute atomic E-state index is 0.0996. The number of carbonyl (C=O) groups is 1. The Bertz CT molecular complexity index is 915. The van der Waals surface area contributed by atoms with Crippen LogP contribution in [-0.2, 0) is 11.3 Å². The molecule has 0 bridgehead atoms. The Morgan fingerprint density at radius 2 is 1.93 bits per heavy atom. The average Bonchev–Trinajstić information content (AvgIpc) is 2.66. The van der Waals surface area contributed by atoms with E-state index < -0.39 is 5.60 Å². The van der Waals surface area contributed by atoms with Gasteiger partial charge in [-0.2, -0.15) is 4.98 Å². The molecule has 1 aliphatic rings. The molecular weight excluding hydrogens is 376 g/mol. The molecule has 0 aromatic carbocycles. The van der Waals surface area contributed by atoms with Gasteiger partial charge in [0.2, 0.25) is 0 Å². The molecular formula is C19H28N6O4. The minimum atomic E-state index is -0.502. The quantitative estimate of drug-likeness (QED) is 0.791. The molecule has 3 heterocycles. The molecule has 1 N–H and O–H groups in total. The summed E-state index contributed by atoms with van der Waals surface area (Å²) >= 11 is 0. The Hall–Kier alpha value is -2.75. The lowest BCUT2D eigenvalue weighted by molar-refractivity contribution is 0.0478. The number of fused-ring (bicyclic) bond motifs is 1. The maximum absolute atomic E-state index is 12.3. The Morgan fingerprint density at radius 1 is 1.21 bits per heavy atom. The van der Waals surface area contributed by atoms with Crippen LogP contribution in [0.2, 0.25) is 0 Å². The van der Waals surface area contributed by atoms with Crippen molar-refractivity contribution >= 4 is 17.3 Å². The van der Waals surface area contributed by atoms with Crippen LogP contribution < -0.4 is 15.6 Å². The third-order valence-electron chi connectivity index (χ3n) is 4.69. The lowest BCUT2D eigenvalue weighted by atomic mass is 10.1. The first-order valence-corrected chi connectivity index (χ1v) is 9.73. The fourth-order valence-electron chi connectivity index (χ4n) is 3.27. The Labute approximate surface area is 169 Å². The number of ether oxygens (including phenoxy) is 2. The van der Waals surface area contributed by atoms with Crippen molar-refractivity contribution in [1.82, 2.24) is 29.7 Å². The van der Waals surface area contributed by atoms with Crippen LogP contribution in [-0.4, -0.2) is 68.9 Å². The minimum Gasteiger partial charge on any atom is -0.467 e. The zero-order valence-electron chi connectivity index (χ0n) is 17.3. The molecule has 0 unspecified atom stereocenters. The van der Waals surface area contributed by atoms with Crippen LogP contribution in [0.25, 0.3) is 11.2 Å². The fourth-order valence-corrected chi connectivity index (χ4v) is 3.27. The summed E-state index contributed by atoms with van der Waals surface area (Å²) in [5, 5.41) is 2.93. The van der Waals surface area contributed by atoms with Crippen molar-refractivity contribution in [3.05, 3.63) is 22.7 Å². The Kier molecular flexibility index (Phi) is 6.31. The van der Waals surface area contributed by atoms with Crippen molar-refractivity contribution in [3.8, 4) is 6.01 Å². The number of piperidine rings is 1. The third kappa shape index (κ3) is 5.63. The summed E-state index contributed by atoms with van der Waals surface area (Å²) in [6.45, 7) is 8.39. The molecule has 1 fully saturated rings. The van der Waals surface area contributed by atoms with Crippen LogP contribution in [0.15, 0.2) is 17.2 Å². The monoisotopic (exact) mass is 404 g/mol. The van der Waals surface area contributed by atoms with Crippen molar-refractivity contribution in [2.24, 2.45) is 0 Å². The summed E-state index contributed by atoms with van der Waals surface area (Å²) in [6, 6.07) is 0.301. The lowest BCUT2D eigenvalue weighted by Crippen LogP contribution is -2.46. The SMILES string of the molecule is COc1ncc2ncc(=O)n(CCN3CCC(NC(=O)OC(C)(C)C)CC3)c2n1. The number of carbonyl (C=O) groups excluding carboxylic acids is 1. The van der Waals surface area contributed by atoms with E-state index in [1.54, 1.807) is 10.8 Å². The predicted octanol–water partition coefficient (Wildman–Crippen LogP) is 1.18. The summed E-state index contributed by atoms with van der Waals surface area (Å²) in [5.41, 5.74) is 0.300. The van der Waals surface area contributed by atoms with Gasteiger partial charge in [0.25, 0.3) is 5.56 Å². The van der Waals surface area contributed by atoms with Crippen LogP contribution in [0.5, 0.6) is 6.01 Å². The highest BCUT2D eigenvalue weighted by atomic mass is 16.6. The first kappa shape index (κ1) is 21.0. The molecule has 0 spiro atoms. The van der Waals surface area contributed by atoms with Crippen molar-refractivity contribution in [1.29, 1.82) is 0 Å². The normalized spacial score (nSPS) is 16.0. The molecule has 10 heteroatoms. The maximum Gasteiger partial charge on any atom is 0.407 e. The van der Waals surface area contributed by atoms with Crippen LogP contribution in [0.3, 0.4) is 0 Å². The number of likely N-dealkylation sites (tertiary alicyclic amines) is 1. The molecule has 1 aliphatic heterocycles. The van der Waals surface area contributed by atoms with Crippen molar-refractivity contribution < 1.29 is 14.3 Å². The van der Waals surface area contributed by atoms with Gasteiger partial charge in [-0.3, -0.25) is 9.36 Å². The van der Waals surface area contributed by atoms with E-state index in [2.05, 4.69) is 25.2 Å². The molecule has 2 aromatic heterocycles. The number of aromatic nitrogens is 4. The molecule has 0 atom stereocenters. The number of nitrogens with one attached hydrogen (secondary N) is 1. The molecule has 3 rings (SSSR count). The molecule has 158 valence electrons. The largest absolute Gasteiger partial charge is 0.467 e. The average molecular weight is 404 g/mol. The number of hydrogen-bond acceptors (Lipinski definition) is 8. The van der Waals surface area contributed by atoms with E-state index in [0.717, 1.165) is 25.9 Å². The van der Waals surface area contributed by atoms with Crippen LogP contribution in [0, 0.1) is 0 Å². The zero-order valence-corrected chi connectivity index (χ0v) is 17.3. The van der Waals surface area contributed by atoms with Gasteiger partial charge >= 0.3 is 12.1 Å². The molecule has 1 amide bonds. The molecule has 0 aliphatic carbocycles. The van der Waals surface area contributed by atoms with Gasteiger partial charge in [0.15, 0.2) is 5.65 Å². The van der Waals surface area contributed by atoms with E-state index in [1.165, 1.54) is 13.3 Å². The second-order valence-corrected chi connectivity index (χ2v) is 8.08. The first-order valence-electron chi connectivity index (χ1n) is 9.73. The van der Waals surface area contributed by atoms with Crippen molar-refractivity contribution in [2.75, 3.05) is 26.7 Å². The summed E-state index contributed by atoms with van der Waals surface area (Å²) in [7, 11) is 1.48. The molecule has 2 aromatic rings. The van der Waals surface area contributed by atoms with Gasteiger partial charge in [0, 0.05) is 32.2 Å². The second-order valence-electron chi connectivity index (χ2n) is 8.08. The number of rotatable bonds is 5. The highest BCUT2D eigenvalue weighted by Crippen LogP contribution is 2.14. The standard InChI is InChI=1S/C19H28N6O4/c1-19(2,3)29-18(27)22-13-5-7-24(8-6-13)9-10-25-15(26)12-20-14-11-21-17(28-4)23-16(14)25/h11-13H,5-10H2,1-4H3,(H,22,27). The summed E-state index contributed by atoms with van der Waals surface area (Å²) in [5.74, 6) is 0. The highest BCUT2D eigenvalue weighted by molar-refractivity contribution is 5.69. The summed E-state index contributed by atoms with van der Waals surface area (Å²) in [6.07, 6.45) is 4.13. The smallest absolute Gasteiger partial charge is 0.407 e. The Morgan fingerprint density at radius 3 is 2.59 bits per heavy atom. The van der Waals surface area contributed by atoms with Gasteiger partial charge in [-0.1, -0.05) is 0 Å². The van der Waals surface area contributed by atoms with E-state index in [-0.39, 0.29) is 23.7 Å². The fraction of sp³-hybridized carbons (Fsp3) is 0.632. The van der Waals surface area contributed by atoms with E-state index in [1.807, 2.05) is 20.8 Å². The first-order chi connectivity index (χ1) is 13.7. The molecule has 0 saturated carbocycles. The molecule has 1 saturated heterocycles. The summed E-state index contributed by atoms with van der Waals surface area (Å²) < 4.78 is 12.0. The van der Waals surface area contributed by atoms with E-state index in [9.17, 15) is 9.59 Å². The van der Waals surface area contributed by atoms with Gasteiger partial charge in [-0.25, -0.2) is 14.8 Å². The topological polar surface area (TPSA) is 111 Å². The van der Waals surface area contributed by atoms with E-state index >= 15 is 0 Å². The molecule has 29 heavy (non-hydrogen) atoms. The zero-order chi connectivity index (χ0) is 21.0. The summed E-state index contributed by atoms with van der Waals surface area (Å²) in [4.78, 5) is 38.9. The number of hydrogen-bond donors (Lipinski definition) is 1. The highest BCUT2D eigenvalue weighted by Gasteiger charge is 2.23. The second kappa shape index (κ2) is 8.73. The maximum atomic E-state index is 12.3. The Balaban J connectivity index is 1.56. The van der Waals surface area contributed by atoms with Crippen LogP contribution in [0.1, 0.15) is 33.6 Å².